The van der Waals surface area contributed by atoms with Gasteiger partial charge in [0, 0.05) is 5.56 Å². The molecule has 0 saturated heterocycles. The Balaban J connectivity index is 2.97. The minimum atomic E-state index is 0.283. The van der Waals surface area contributed by atoms with Crippen molar-refractivity contribution in [3.05, 3.63) is 23.3 Å². The first-order valence-electron chi connectivity index (χ1n) is 6.14. The zero-order valence-corrected chi connectivity index (χ0v) is 10.5. The van der Waals surface area contributed by atoms with Crippen LogP contribution in [-0.2, 0) is 6.42 Å². The molecular formula is C14H22O2. The van der Waals surface area contributed by atoms with E-state index in [4.69, 9.17) is 0 Å². The van der Waals surface area contributed by atoms with Gasteiger partial charge in [-0.15, -0.1) is 0 Å². The molecule has 0 spiro atoms. The van der Waals surface area contributed by atoms with Crippen molar-refractivity contribution in [3.63, 3.8) is 0 Å². The summed E-state index contributed by atoms with van der Waals surface area (Å²) in [6.45, 7) is 6.25. The molecule has 2 heteroatoms. The van der Waals surface area contributed by atoms with Crippen LogP contribution in [0.25, 0.3) is 0 Å². The third-order valence-corrected chi connectivity index (χ3v) is 3.17. The van der Waals surface area contributed by atoms with Crippen LogP contribution in [0.3, 0.4) is 0 Å². The summed E-state index contributed by atoms with van der Waals surface area (Å²) in [6, 6.07) is 3.43. The quantitative estimate of drug-likeness (QED) is 0.740. The Hall–Kier alpha value is -1.18. The van der Waals surface area contributed by atoms with Crippen LogP contribution in [0.1, 0.15) is 57.1 Å². The number of phenols is 2. The van der Waals surface area contributed by atoms with E-state index in [0.29, 0.717) is 11.5 Å². The van der Waals surface area contributed by atoms with Gasteiger partial charge < -0.3 is 10.2 Å². The first-order chi connectivity index (χ1) is 7.60. The molecule has 16 heavy (non-hydrogen) atoms. The van der Waals surface area contributed by atoms with Crippen LogP contribution in [0.15, 0.2) is 12.1 Å². The van der Waals surface area contributed by atoms with E-state index < -0.39 is 0 Å². The van der Waals surface area contributed by atoms with E-state index in [1.54, 1.807) is 12.1 Å². The third kappa shape index (κ3) is 2.91. The van der Waals surface area contributed by atoms with Gasteiger partial charge in [-0.3, -0.25) is 0 Å². The largest absolute Gasteiger partial charge is 0.508 e. The molecule has 0 aromatic heterocycles. The lowest BCUT2D eigenvalue weighted by molar-refractivity contribution is 0.443. The van der Waals surface area contributed by atoms with E-state index in [9.17, 15) is 10.2 Å². The molecule has 0 radical (unpaired) electrons. The number of aryl methyl sites for hydroxylation is 1. The molecule has 2 nitrogen and oxygen atoms in total. The Labute approximate surface area is 97.9 Å². The molecule has 1 unspecified atom stereocenters. The molecule has 0 saturated carbocycles. The minimum Gasteiger partial charge on any atom is -0.508 e. The van der Waals surface area contributed by atoms with E-state index >= 15 is 0 Å². The average Bonchev–Trinajstić information content (AvgIpc) is 2.28. The Morgan fingerprint density at radius 1 is 1.12 bits per heavy atom. The molecule has 0 aliphatic carbocycles. The highest BCUT2D eigenvalue weighted by atomic mass is 16.3. The fraction of sp³-hybridized carbons (Fsp3) is 0.571. The summed E-state index contributed by atoms with van der Waals surface area (Å²) < 4.78 is 0. The first-order valence-corrected chi connectivity index (χ1v) is 6.14. The van der Waals surface area contributed by atoms with Gasteiger partial charge in [0.05, 0.1) is 0 Å². The van der Waals surface area contributed by atoms with Gasteiger partial charge in [-0.25, -0.2) is 0 Å². The van der Waals surface area contributed by atoms with E-state index in [1.807, 2.05) is 0 Å². The van der Waals surface area contributed by atoms with Gasteiger partial charge in [0.2, 0.25) is 0 Å². The Bertz CT molecular complexity index is 345. The smallest absolute Gasteiger partial charge is 0.119 e. The van der Waals surface area contributed by atoms with Gasteiger partial charge in [-0.2, -0.15) is 0 Å². The SMILES string of the molecule is CCCCc1cc(O)c(C(C)CC)cc1O. The predicted molar refractivity (Wildman–Crippen MR) is 67.1 cm³/mol. The summed E-state index contributed by atoms with van der Waals surface area (Å²) in [4.78, 5) is 0. The number of rotatable bonds is 5. The molecule has 0 heterocycles. The lowest BCUT2D eigenvalue weighted by Crippen LogP contribution is -1.94. The number of benzene rings is 1. The predicted octanol–water partition coefficient (Wildman–Crippen LogP) is 3.95. The van der Waals surface area contributed by atoms with Crippen molar-refractivity contribution in [2.75, 3.05) is 0 Å². The molecule has 1 aromatic rings. The van der Waals surface area contributed by atoms with Crippen LogP contribution in [0, 0.1) is 0 Å². The summed E-state index contributed by atoms with van der Waals surface area (Å²) >= 11 is 0. The number of phenolic OH excluding ortho intramolecular Hbond substituents is 2. The minimum absolute atomic E-state index is 0.283. The molecule has 1 atom stereocenters. The van der Waals surface area contributed by atoms with Crippen molar-refractivity contribution in [2.45, 2.75) is 52.4 Å². The van der Waals surface area contributed by atoms with Gasteiger partial charge >= 0.3 is 0 Å². The second-order valence-corrected chi connectivity index (χ2v) is 4.45. The van der Waals surface area contributed by atoms with Crippen LogP contribution >= 0.6 is 0 Å². The molecule has 90 valence electrons. The van der Waals surface area contributed by atoms with Gasteiger partial charge in [0.25, 0.3) is 0 Å². The second kappa shape index (κ2) is 5.78. The monoisotopic (exact) mass is 222 g/mol. The molecule has 0 fully saturated rings. The summed E-state index contributed by atoms with van der Waals surface area (Å²) in [5.74, 6) is 0.922. The fourth-order valence-corrected chi connectivity index (χ4v) is 1.82. The summed E-state index contributed by atoms with van der Waals surface area (Å²) in [6.07, 6.45) is 3.92. The molecular weight excluding hydrogens is 200 g/mol. The second-order valence-electron chi connectivity index (χ2n) is 4.45. The van der Waals surface area contributed by atoms with Crippen LogP contribution in [-0.4, -0.2) is 10.2 Å². The molecule has 0 amide bonds. The summed E-state index contributed by atoms with van der Waals surface area (Å²) in [5.41, 5.74) is 1.70. The summed E-state index contributed by atoms with van der Waals surface area (Å²) in [7, 11) is 0. The van der Waals surface area contributed by atoms with E-state index in [1.165, 1.54) is 0 Å². The van der Waals surface area contributed by atoms with Gasteiger partial charge in [0.1, 0.15) is 11.5 Å². The molecule has 0 aliphatic rings. The third-order valence-electron chi connectivity index (χ3n) is 3.17. The zero-order chi connectivity index (χ0) is 12.1. The number of unbranched alkanes of at least 4 members (excludes halogenated alkanes) is 1. The van der Waals surface area contributed by atoms with Gasteiger partial charge in [-0.05, 0) is 42.9 Å². The van der Waals surface area contributed by atoms with Crippen molar-refractivity contribution in [1.29, 1.82) is 0 Å². The first kappa shape index (κ1) is 12.9. The molecule has 0 bridgehead atoms. The lowest BCUT2D eigenvalue weighted by Gasteiger charge is -2.14. The number of hydrogen-bond donors (Lipinski definition) is 2. The maximum atomic E-state index is 9.91. The van der Waals surface area contributed by atoms with Gasteiger partial charge in [0.15, 0.2) is 0 Å². The Morgan fingerprint density at radius 2 is 1.81 bits per heavy atom. The normalized spacial score (nSPS) is 12.7. The molecule has 0 aliphatic heterocycles. The Kier molecular flexibility index (Phi) is 4.66. The van der Waals surface area contributed by atoms with Crippen LogP contribution in [0.5, 0.6) is 11.5 Å². The molecule has 1 rings (SSSR count). The maximum Gasteiger partial charge on any atom is 0.119 e. The zero-order valence-electron chi connectivity index (χ0n) is 10.5. The Morgan fingerprint density at radius 3 is 2.38 bits per heavy atom. The van der Waals surface area contributed by atoms with Crippen molar-refractivity contribution in [3.8, 4) is 11.5 Å². The number of hydrogen-bond acceptors (Lipinski definition) is 2. The van der Waals surface area contributed by atoms with Gasteiger partial charge in [-0.1, -0.05) is 27.2 Å². The average molecular weight is 222 g/mol. The van der Waals surface area contributed by atoms with Crippen LogP contribution < -0.4 is 0 Å². The number of aromatic hydroxyl groups is 2. The van der Waals surface area contributed by atoms with Crippen molar-refractivity contribution in [1.82, 2.24) is 0 Å². The molecule has 1 aromatic carbocycles. The van der Waals surface area contributed by atoms with E-state index in [-0.39, 0.29) is 5.92 Å². The van der Waals surface area contributed by atoms with E-state index in [2.05, 4.69) is 20.8 Å². The standard InChI is InChI=1S/C14H22O2/c1-4-6-7-11-8-14(16)12(9-13(11)15)10(3)5-2/h8-10,15-16H,4-7H2,1-3H3. The van der Waals surface area contributed by atoms with E-state index in [0.717, 1.165) is 36.8 Å². The van der Waals surface area contributed by atoms with Crippen molar-refractivity contribution < 1.29 is 10.2 Å². The highest BCUT2D eigenvalue weighted by molar-refractivity contribution is 5.46. The highest BCUT2D eigenvalue weighted by Gasteiger charge is 2.12. The maximum absolute atomic E-state index is 9.91. The topological polar surface area (TPSA) is 40.5 Å². The highest BCUT2D eigenvalue weighted by Crippen LogP contribution is 2.34. The fourth-order valence-electron chi connectivity index (χ4n) is 1.82. The lowest BCUT2D eigenvalue weighted by atomic mass is 9.94. The summed E-state index contributed by atoms with van der Waals surface area (Å²) in [5, 5.41) is 19.8. The van der Waals surface area contributed by atoms with Crippen molar-refractivity contribution >= 4 is 0 Å². The van der Waals surface area contributed by atoms with Crippen LogP contribution in [0.4, 0.5) is 0 Å². The molecule has 2 N–H and O–H groups in total. The van der Waals surface area contributed by atoms with Crippen molar-refractivity contribution in [2.24, 2.45) is 0 Å². The van der Waals surface area contributed by atoms with Crippen LogP contribution in [0.2, 0.25) is 0 Å².